The van der Waals surface area contributed by atoms with Crippen molar-refractivity contribution in [2.75, 3.05) is 26.2 Å². The molecule has 2 N–H and O–H groups in total. The molecule has 2 aliphatic carbocycles. The maximum atomic E-state index is 14.3. The van der Waals surface area contributed by atoms with Crippen LogP contribution in [-0.4, -0.2) is 78.1 Å². The Morgan fingerprint density at radius 2 is 1.79 bits per heavy atom. The van der Waals surface area contributed by atoms with Gasteiger partial charge >= 0.3 is 0 Å². The molecular weight excluding hydrogens is 371 g/mol. The summed E-state index contributed by atoms with van der Waals surface area (Å²) in [5.41, 5.74) is 0. The van der Waals surface area contributed by atoms with Gasteiger partial charge in [-0.2, -0.15) is 0 Å². The van der Waals surface area contributed by atoms with Gasteiger partial charge in [0, 0.05) is 57.1 Å². The van der Waals surface area contributed by atoms with Crippen molar-refractivity contribution in [1.82, 2.24) is 20.4 Å². The largest absolute Gasteiger partial charge is 0.352 e. The van der Waals surface area contributed by atoms with Crippen molar-refractivity contribution >= 4 is 11.8 Å². The molecule has 0 aromatic rings. The summed E-state index contributed by atoms with van der Waals surface area (Å²) in [5.74, 6) is 0.655. The molecule has 2 heterocycles. The Labute approximate surface area is 173 Å². The average Bonchev–Trinajstić information content (AvgIpc) is 3.18. The van der Waals surface area contributed by atoms with Crippen LogP contribution in [-0.2, 0) is 9.59 Å². The number of nitrogens with one attached hydrogen (secondary N) is 2. The van der Waals surface area contributed by atoms with Gasteiger partial charge in [-0.05, 0) is 50.9 Å². The molecule has 29 heavy (non-hydrogen) atoms. The number of rotatable bonds is 3. The van der Waals surface area contributed by atoms with Gasteiger partial charge in [-0.15, -0.1) is 0 Å². The van der Waals surface area contributed by atoms with Gasteiger partial charge in [-0.25, -0.2) is 4.39 Å². The van der Waals surface area contributed by atoms with Crippen molar-refractivity contribution < 1.29 is 14.0 Å². The second-order valence-electron chi connectivity index (χ2n) is 9.78. The number of carbonyl (C=O) groups excluding carboxylic acids is 2. The number of alkyl halides is 1. The number of amides is 2. The van der Waals surface area contributed by atoms with Gasteiger partial charge in [0.2, 0.25) is 11.8 Å². The fourth-order valence-electron chi connectivity index (χ4n) is 6.13. The Morgan fingerprint density at radius 3 is 2.48 bits per heavy atom. The summed E-state index contributed by atoms with van der Waals surface area (Å²) < 4.78 is 14.3. The fraction of sp³-hybridized carbons (Fsp3) is 0.909. The van der Waals surface area contributed by atoms with Crippen molar-refractivity contribution in [3.8, 4) is 0 Å². The van der Waals surface area contributed by atoms with Gasteiger partial charge in [0.05, 0.1) is 6.04 Å². The predicted octanol–water partition coefficient (Wildman–Crippen LogP) is 1.69. The van der Waals surface area contributed by atoms with E-state index < -0.39 is 6.17 Å². The molecule has 4 fully saturated rings. The Hall–Kier alpha value is -1.21. The first-order chi connectivity index (χ1) is 13.9. The Balaban J connectivity index is 1.27. The van der Waals surface area contributed by atoms with E-state index in [-0.39, 0.29) is 35.9 Å². The number of carbonyl (C=O) groups is 2. The number of hydrogen-bond acceptors (Lipinski definition) is 4. The van der Waals surface area contributed by atoms with Gasteiger partial charge in [0.25, 0.3) is 0 Å². The van der Waals surface area contributed by atoms with E-state index in [9.17, 15) is 14.0 Å². The topological polar surface area (TPSA) is 64.7 Å². The minimum Gasteiger partial charge on any atom is -0.352 e. The molecule has 0 bridgehead atoms. The zero-order valence-electron chi connectivity index (χ0n) is 17.9. The van der Waals surface area contributed by atoms with Gasteiger partial charge in [-0.3, -0.25) is 14.5 Å². The Bertz CT molecular complexity index is 592. The molecular formula is C22H37FN4O2. The number of fused-ring (bicyclic) bond motifs is 1. The molecule has 0 aromatic heterocycles. The molecule has 2 amide bonds. The molecule has 6 nitrogen and oxygen atoms in total. The molecule has 0 aromatic carbocycles. The third kappa shape index (κ3) is 4.61. The van der Waals surface area contributed by atoms with Crippen molar-refractivity contribution in [2.24, 2.45) is 11.8 Å². The Kier molecular flexibility index (Phi) is 6.44. The lowest BCUT2D eigenvalue weighted by Gasteiger charge is -2.42. The van der Waals surface area contributed by atoms with Crippen LogP contribution < -0.4 is 10.6 Å². The lowest BCUT2D eigenvalue weighted by Crippen LogP contribution is -2.55. The predicted molar refractivity (Wildman–Crippen MR) is 110 cm³/mol. The number of hydrogen-bond donors (Lipinski definition) is 2. The van der Waals surface area contributed by atoms with Crippen LogP contribution in [0.5, 0.6) is 0 Å². The second-order valence-corrected chi connectivity index (χ2v) is 9.78. The van der Waals surface area contributed by atoms with E-state index >= 15 is 0 Å². The molecule has 2 saturated carbocycles. The lowest BCUT2D eigenvalue weighted by molar-refractivity contribution is -0.131. The van der Waals surface area contributed by atoms with Crippen LogP contribution in [0.1, 0.15) is 58.8 Å². The van der Waals surface area contributed by atoms with Crippen LogP contribution in [0.15, 0.2) is 0 Å². The first-order valence-corrected chi connectivity index (χ1v) is 11.6. The quantitative estimate of drug-likeness (QED) is 0.746. The van der Waals surface area contributed by atoms with Gasteiger partial charge < -0.3 is 15.5 Å². The van der Waals surface area contributed by atoms with E-state index in [1.165, 1.54) is 6.42 Å². The summed E-state index contributed by atoms with van der Waals surface area (Å²) >= 11 is 0. The third-order valence-corrected chi connectivity index (χ3v) is 7.92. The first-order valence-electron chi connectivity index (χ1n) is 11.6. The summed E-state index contributed by atoms with van der Waals surface area (Å²) in [4.78, 5) is 28.9. The maximum Gasteiger partial charge on any atom is 0.237 e. The lowest BCUT2D eigenvalue weighted by atomic mass is 9.77. The highest BCUT2D eigenvalue weighted by Gasteiger charge is 2.46. The van der Waals surface area contributed by atoms with Crippen LogP contribution in [0, 0.1) is 11.8 Å². The fourth-order valence-corrected chi connectivity index (χ4v) is 6.13. The van der Waals surface area contributed by atoms with Gasteiger partial charge in [0.15, 0.2) is 0 Å². The van der Waals surface area contributed by atoms with E-state index in [4.69, 9.17) is 0 Å². The second kappa shape index (κ2) is 8.88. The molecule has 4 rings (SSSR count). The summed E-state index contributed by atoms with van der Waals surface area (Å²) in [6.45, 7) is 7.28. The van der Waals surface area contributed by atoms with Crippen molar-refractivity contribution in [2.45, 2.75) is 89.1 Å². The molecule has 164 valence electrons. The molecule has 7 atom stereocenters. The molecule has 0 spiro atoms. The summed E-state index contributed by atoms with van der Waals surface area (Å²) in [7, 11) is 0. The maximum absolute atomic E-state index is 14.3. The molecule has 2 aliphatic heterocycles. The highest BCUT2D eigenvalue weighted by atomic mass is 19.1. The molecule has 0 radical (unpaired) electrons. The van der Waals surface area contributed by atoms with E-state index in [2.05, 4.69) is 22.5 Å². The summed E-state index contributed by atoms with van der Waals surface area (Å²) in [5, 5.41) is 6.73. The number of halogens is 1. The zero-order chi connectivity index (χ0) is 20.5. The first kappa shape index (κ1) is 21.0. The Morgan fingerprint density at radius 1 is 1.03 bits per heavy atom. The van der Waals surface area contributed by atoms with Crippen LogP contribution in [0.4, 0.5) is 4.39 Å². The van der Waals surface area contributed by atoms with E-state index in [0.717, 1.165) is 51.9 Å². The van der Waals surface area contributed by atoms with Crippen molar-refractivity contribution in [3.63, 3.8) is 0 Å². The standard InChI is InChI=1S/C22H37FN4O2/c1-14-6-7-19(23)18-13-20(25-21(14)18)22(29)24-16-4-3-5-17(12-16)27-10-8-26(9-11-27)15(2)28/h14,16-21,25H,3-13H2,1-2H3,(H,24,29). The highest BCUT2D eigenvalue weighted by Crippen LogP contribution is 2.38. The van der Waals surface area contributed by atoms with Gasteiger partial charge in [0.1, 0.15) is 6.17 Å². The number of piperazine rings is 1. The third-order valence-electron chi connectivity index (χ3n) is 7.92. The molecule has 2 saturated heterocycles. The van der Waals surface area contributed by atoms with E-state index in [1.807, 2.05) is 4.90 Å². The smallest absolute Gasteiger partial charge is 0.237 e. The average molecular weight is 409 g/mol. The number of nitrogens with zero attached hydrogens (tertiary/aromatic N) is 2. The summed E-state index contributed by atoms with van der Waals surface area (Å²) in [6.07, 6.45) is 5.70. The van der Waals surface area contributed by atoms with Crippen molar-refractivity contribution in [1.29, 1.82) is 0 Å². The normalized spacial score (nSPS) is 41.1. The van der Waals surface area contributed by atoms with E-state index in [1.54, 1.807) is 6.92 Å². The van der Waals surface area contributed by atoms with Crippen LogP contribution in [0.3, 0.4) is 0 Å². The molecule has 7 heteroatoms. The highest BCUT2D eigenvalue weighted by molar-refractivity contribution is 5.82. The van der Waals surface area contributed by atoms with Crippen LogP contribution in [0.25, 0.3) is 0 Å². The molecule has 7 unspecified atom stereocenters. The molecule has 4 aliphatic rings. The van der Waals surface area contributed by atoms with E-state index in [0.29, 0.717) is 24.8 Å². The van der Waals surface area contributed by atoms with Crippen LogP contribution in [0.2, 0.25) is 0 Å². The minimum atomic E-state index is -0.769. The van der Waals surface area contributed by atoms with Crippen LogP contribution >= 0.6 is 0 Å². The monoisotopic (exact) mass is 408 g/mol. The SMILES string of the molecule is CC(=O)N1CCN(C2CCCC(NC(=O)C3CC4C(F)CCC(C)C4N3)C2)CC1. The zero-order valence-corrected chi connectivity index (χ0v) is 17.9. The minimum absolute atomic E-state index is 0.00817. The summed E-state index contributed by atoms with van der Waals surface area (Å²) in [6, 6.07) is 0.585. The van der Waals surface area contributed by atoms with Gasteiger partial charge in [-0.1, -0.05) is 6.92 Å². The van der Waals surface area contributed by atoms with Crippen molar-refractivity contribution in [3.05, 3.63) is 0 Å².